The normalized spacial score (nSPS) is 13.4. The van der Waals surface area contributed by atoms with Crippen LogP contribution in [0.4, 0.5) is 0 Å². The van der Waals surface area contributed by atoms with Gasteiger partial charge in [-0.2, -0.15) is 0 Å². The highest BCUT2D eigenvalue weighted by atomic mass is 31.2. The van der Waals surface area contributed by atoms with Crippen molar-refractivity contribution >= 4 is 19.8 Å². The van der Waals surface area contributed by atoms with Gasteiger partial charge in [0.2, 0.25) is 0 Å². The molecule has 0 aromatic rings. The molecule has 93 heavy (non-hydrogen) atoms. The Morgan fingerprint density at radius 1 is 0.344 bits per heavy atom. The molecule has 0 saturated heterocycles. The zero-order valence-electron chi connectivity index (χ0n) is 62.2. The fraction of sp³-hybridized carbons (Fsp3) is 0.831. The van der Waals surface area contributed by atoms with Gasteiger partial charge in [0.05, 0.1) is 27.7 Å². The van der Waals surface area contributed by atoms with Gasteiger partial charge in [-0.1, -0.05) is 389 Å². The smallest absolute Gasteiger partial charge is 0.306 e. The molecule has 0 aromatic heterocycles. The molecule has 0 amide bonds. The summed E-state index contributed by atoms with van der Waals surface area (Å²) >= 11 is 0. The van der Waals surface area contributed by atoms with Crippen LogP contribution in [0.1, 0.15) is 393 Å². The van der Waals surface area contributed by atoms with Gasteiger partial charge in [0.15, 0.2) is 6.10 Å². The van der Waals surface area contributed by atoms with Crippen LogP contribution in [0.5, 0.6) is 0 Å². The lowest BCUT2D eigenvalue weighted by Crippen LogP contribution is -2.37. The molecule has 0 bridgehead atoms. The summed E-state index contributed by atoms with van der Waals surface area (Å²) in [6.07, 6.45) is 100. The standard InChI is InChI=1S/C83H154NO8P/c1-6-8-10-12-14-16-18-20-22-24-26-28-30-32-34-36-38-39-40-41-42-43-44-46-47-49-51-53-55-57-59-61-63-65-67-69-71-73-75-82(85)89-79-81(80-91-93(87,88)90-78-77-84(3,4)5)92-83(86)76-74-72-70-68-66-64-62-60-58-56-54-52-50-48-45-37-35-33-31-29-27-25-23-21-19-17-15-13-11-9-7-2/h9,11,15,17,21,23,27,29,33,35,45,48,81H,6-8,10,12-14,16,18-20,22,24-26,28,30-32,34,36-44,46-47,49-80H2,1-5H3/b11-9-,17-15-,23-21-,29-27-,35-33-,48-45-. The Bertz CT molecular complexity index is 1800. The van der Waals surface area contributed by atoms with Crippen molar-refractivity contribution in [2.45, 2.75) is 399 Å². The highest BCUT2D eigenvalue weighted by Crippen LogP contribution is 2.38. The van der Waals surface area contributed by atoms with Gasteiger partial charge in [0.25, 0.3) is 7.82 Å². The molecule has 0 aromatic carbocycles. The predicted octanol–water partition coefficient (Wildman–Crippen LogP) is 26.0. The summed E-state index contributed by atoms with van der Waals surface area (Å²) in [6.45, 7) is 4.19. The minimum atomic E-state index is -4.65. The van der Waals surface area contributed by atoms with Crippen LogP contribution < -0.4 is 4.89 Å². The summed E-state index contributed by atoms with van der Waals surface area (Å²) in [4.78, 5) is 38.2. The van der Waals surface area contributed by atoms with Gasteiger partial charge in [-0.05, 0) is 64.2 Å². The Labute approximate surface area is 578 Å². The van der Waals surface area contributed by atoms with Crippen LogP contribution in [0.15, 0.2) is 72.9 Å². The molecule has 544 valence electrons. The Kier molecular flexibility index (Phi) is 71.7. The summed E-state index contributed by atoms with van der Waals surface area (Å²) in [5.41, 5.74) is 0. The van der Waals surface area contributed by atoms with Crippen molar-refractivity contribution < 1.29 is 42.1 Å². The number of quaternary nitrogens is 1. The van der Waals surface area contributed by atoms with Crippen molar-refractivity contribution in [1.82, 2.24) is 0 Å². The highest BCUT2D eigenvalue weighted by Gasteiger charge is 2.22. The van der Waals surface area contributed by atoms with Crippen molar-refractivity contribution in [2.75, 3.05) is 47.5 Å². The summed E-state index contributed by atoms with van der Waals surface area (Å²) in [6, 6.07) is 0. The Balaban J connectivity index is 3.92. The van der Waals surface area contributed by atoms with E-state index in [2.05, 4.69) is 86.8 Å². The van der Waals surface area contributed by atoms with E-state index < -0.39 is 26.5 Å². The number of hydrogen-bond donors (Lipinski definition) is 0. The molecule has 0 N–H and O–H groups in total. The van der Waals surface area contributed by atoms with Gasteiger partial charge in [-0.25, -0.2) is 0 Å². The average Bonchev–Trinajstić information content (AvgIpc) is 2.02. The summed E-state index contributed by atoms with van der Waals surface area (Å²) in [5.74, 6) is -0.819. The summed E-state index contributed by atoms with van der Waals surface area (Å²) in [7, 11) is 1.18. The number of carbonyl (C=O) groups excluding carboxylic acids is 2. The van der Waals surface area contributed by atoms with E-state index in [1.54, 1.807) is 0 Å². The van der Waals surface area contributed by atoms with Gasteiger partial charge < -0.3 is 27.9 Å². The number of nitrogens with zero attached hydrogens (tertiary/aromatic N) is 1. The van der Waals surface area contributed by atoms with Crippen LogP contribution in [0.3, 0.4) is 0 Å². The third kappa shape index (κ3) is 78.3. The molecule has 9 nitrogen and oxygen atoms in total. The first-order valence-electron chi connectivity index (χ1n) is 40.1. The minimum absolute atomic E-state index is 0.0314. The molecule has 0 aliphatic rings. The van der Waals surface area contributed by atoms with Crippen LogP contribution in [0.25, 0.3) is 0 Å². The number of ether oxygens (including phenoxy) is 2. The lowest BCUT2D eigenvalue weighted by Gasteiger charge is -2.28. The van der Waals surface area contributed by atoms with Crippen LogP contribution >= 0.6 is 7.82 Å². The van der Waals surface area contributed by atoms with Crippen molar-refractivity contribution in [1.29, 1.82) is 0 Å². The molecule has 0 radical (unpaired) electrons. The van der Waals surface area contributed by atoms with Crippen molar-refractivity contribution in [3.8, 4) is 0 Å². The monoisotopic (exact) mass is 1320 g/mol. The molecular formula is C83H154NO8P. The van der Waals surface area contributed by atoms with Crippen molar-refractivity contribution in [3.05, 3.63) is 72.9 Å². The number of unbranched alkanes of at least 4 members (excludes halogenated alkanes) is 49. The Morgan fingerprint density at radius 2 is 0.613 bits per heavy atom. The second kappa shape index (κ2) is 73.7. The molecule has 0 aliphatic carbocycles. The van der Waals surface area contributed by atoms with Gasteiger partial charge in [-0.15, -0.1) is 0 Å². The maximum Gasteiger partial charge on any atom is 0.306 e. The van der Waals surface area contributed by atoms with Gasteiger partial charge >= 0.3 is 11.9 Å². The third-order valence-electron chi connectivity index (χ3n) is 18.0. The zero-order chi connectivity index (χ0) is 67.6. The van der Waals surface area contributed by atoms with E-state index >= 15 is 0 Å². The first kappa shape index (κ1) is 90.5. The van der Waals surface area contributed by atoms with Crippen LogP contribution in [0.2, 0.25) is 0 Å². The van der Waals surface area contributed by atoms with E-state index in [0.29, 0.717) is 17.4 Å². The first-order chi connectivity index (χ1) is 45.5. The van der Waals surface area contributed by atoms with Crippen molar-refractivity contribution in [2.24, 2.45) is 0 Å². The fourth-order valence-corrected chi connectivity index (χ4v) is 12.6. The lowest BCUT2D eigenvalue weighted by atomic mass is 10.0. The lowest BCUT2D eigenvalue weighted by molar-refractivity contribution is -0.870. The van der Waals surface area contributed by atoms with E-state index in [4.69, 9.17) is 18.5 Å². The average molecular weight is 1330 g/mol. The van der Waals surface area contributed by atoms with E-state index in [0.717, 1.165) is 77.0 Å². The second-order valence-corrected chi connectivity index (χ2v) is 29.8. The topological polar surface area (TPSA) is 111 Å². The van der Waals surface area contributed by atoms with Crippen LogP contribution in [-0.4, -0.2) is 70.0 Å². The molecule has 2 unspecified atom stereocenters. The Hall–Kier alpha value is -2.55. The molecule has 0 rings (SSSR count). The molecule has 10 heteroatoms. The van der Waals surface area contributed by atoms with E-state index in [9.17, 15) is 19.0 Å². The largest absolute Gasteiger partial charge is 0.756 e. The van der Waals surface area contributed by atoms with Crippen LogP contribution in [-0.2, 0) is 32.7 Å². The van der Waals surface area contributed by atoms with Gasteiger partial charge in [0.1, 0.15) is 19.8 Å². The molecule has 0 saturated carbocycles. The number of carbonyl (C=O) groups is 2. The maximum atomic E-state index is 12.9. The number of hydrogen-bond acceptors (Lipinski definition) is 8. The molecule has 0 heterocycles. The number of allylic oxidation sites excluding steroid dienone is 12. The SMILES string of the molecule is CC/C=C\C/C=C\C/C=C\C/C=C\C/C=C\C/C=C\CCCCCCCCCCCCCCC(=O)OC(COC(=O)CCCCCCCCCCCCCCCCCCCCCCCCCCCCCCCCCCCCCCCC)COP(=O)([O-])OCC[N+](C)(C)C. The molecule has 0 aliphatic heterocycles. The van der Waals surface area contributed by atoms with E-state index in [1.807, 2.05) is 21.1 Å². The predicted molar refractivity (Wildman–Crippen MR) is 402 cm³/mol. The number of rotatable bonds is 75. The molecular weight excluding hydrogens is 1170 g/mol. The Morgan fingerprint density at radius 3 is 0.914 bits per heavy atom. The first-order valence-corrected chi connectivity index (χ1v) is 41.6. The number of likely N-dealkylation sites (N-methyl/N-ethyl adjacent to an activating group) is 1. The third-order valence-corrected chi connectivity index (χ3v) is 19.0. The highest BCUT2D eigenvalue weighted by molar-refractivity contribution is 7.45. The van der Waals surface area contributed by atoms with Gasteiger partial charge in [0, 0.05) is 12.8 Å². The molecule has 2 atom stereocenters. The maximum absolute atomic E-state index is 12.9. The quantitative estimate of drug-likeness (QED) is 0.0195. The van der Waals surface area contributed by atoms with Crippen molar-refractivity contribution in [3.63, 3.8) is 0 Å². The van der Waals surface area contributed by atoms with E-state index in [1.165, 1.54) is 283 Å². The number of phosphoric acid groups is 1. The summed E-state index contributed by atoms with van der Waals surface area (Å²) < 4.78 is 34.4. The number of esters is 2. The second-order valence-electron chi connectivity index (χ2n) is 28.4. The van der Waals surface area contributed by atoms with Gasteiger partial charge in [-0.3, -0.25) is 14.2 Å². The fourth-order valence-electron chi connectivity index (χ4n) is 11.9. The number of phosphoric ester groups is 1. The van der Waals surface area contributed by atoms with Crippen LogP contribution in [0, 0.1) is 0 Å². The minimum Gasteiger partial charge on any atom is -0.756 e. The van der Waals surface area contributed by atoms with E-state index in [-0.39, 0.29) is 32.0 Å². The zero-order valence-corrected chi connectivity index (χ0v) is 63.1. The molecule has 0 fully saturated rings. The molecule has 0 spiro atoms. The summed E-state index contributed by atoms with van der Waals surface area (Å²) in [5, 5.41) is 0.